The number of carbonyl (C=O) groups is 2. The van der Waals surface area contributed by atoms with Gasteiger partial charge in [0.25, 0.3) is 0 Å². The maximum atomic E-state index is 13.0. The lowest BCUT2D eigenvalue weighted by Crippen LogP contribution is -2.39. The molecule has 4 N–H and O–H groups in total. The van der Waals surface area contributed by atoms with Crippen molar-refractivity contribution in [3.8, 4) is 11.5 Å². The minimum atomic E-state index is -0.724. The number of aromatic nitrogens is 4. The Bertz CT molecular complexity index is 2850. The van der Waals surface area contributed by atoms with Gasteiger partial charge in [0.05, 0.1) is 60.0 Å². The molecule has 2 aliphatic carbocycles. The van der Waals surface area contributed by atoms with Gasteiger partial charge in [-0.25, -0.2) is 19.9 Å². The van der Waals surface area contributed by atoms with Crippen molar-refractivity contribution in [2.24, 2.45) is 21.8 Å². The summed E-state index contributed by atoms with van der Waals surface area (Å²) in [6.07, 6.45) is 11.2. The molecule has 6 aromatic rings. The highest BCUT2D eigenvalue weighted by molar-refractivity contribution is 7.19. The molecule has 4 aromatic heterocycles. The summed E-state index contributed by atoms with van der Waals surface area (Å²) < 4.78 is 12.2. The molecule has 65 heavy (non-hydrogen) atoms. The molecule has 1 amide bonds. The molecule has 0 saturated heterocycles. The molecule has 0 fully saturated rings. The summed E-state index contributed by atoms with van der Waals surface area (Å²) >= 11 is 3.22. The van der Waals surface area contributed by atoms with Crippen LogP contribution in [0.15, 0.2) is 46.9 Å². The Labute approximate surface area is 385 Å². The Hall–Kier alpha value is -6.04. The van der Waals surface area contributed by atoms with Crippen LogP contribution < -0.4 is 20.1 Å². The van der Waals surface area contributed by atoms with Crippen molar-refractivity contribution in [1.29, 1.82) is 0 Å². The topological polar surface area (TPSA) is 197 Å². The second-order valence-corrected chi connectivity index (χ2v) is 19.5. The van der Waals surface area contributed by atoms with Crippen molar-refractivity contribution in [2.45, 2.75) is 98.4 Å². The highest BCUT2D eigenvalue weighted by Gasteiger charge is 2.32. The van der Waals surface area contributed by atoms with E-state index in [4.69, 9.17) is 9.47 Å². The molecule has 2 aromatic carbocycles. The van der Waals surface area contributed by atoms with Crippen molar-refractivity contribution >= 4 is 90.4 Å². The largest absolute Gasteiger partial charge is 0.489 e. The second kappa shape index (κ2) is 18.8. The van der Waals surface area contributed by atoms with Gasteiger partial charge >= 0.3 is 5.97 Å². The Morgan fingerprint density at radius 2 is 1.25 bits per heavy atom. The molecule has 2 atom stereocenters. The number of rotatable bonds is 13. The summed E-state index contributed by atoms with van der Waals surface area (Å²) in [4.78, 5) is 57.2. The molecule has 2 unspecified atom stereocenters. The molecule has 0 saturated carbocycles. The number of nitrogens with zero attached hydrogens (tertiary/aromatic N) is 7. The average Bonchev–Trinajstić information content (AvgIpc) is 4.10. The van der Waals surface area contributed by atoms with Crippen LogP contribution in [0, 0.1) is 11.8 Å². The minimum absolute atomic E-state index is 0.0118. The SMILES string of the molecule is CC(C)Oc1cc2c(cc1Nc1ncnc3sc4c(c13)CCC(C(=O)O)C4)C=NC2.CCN(CCO)C(=O)C1CCc2c(sc3ncnc(Nc4cc5c(cc4OC(C)C)CN=C5)c23)C1. The molecule has 10 rings (SSSR count). The van der Waals surface area contributed by atoms with Gasteiger partial charge in [-0.05, 0) is 131 Å². The van der Waals surface area contributed by atoms with E-state index in [9.17, 15) is 19.8 Å². The molecule has 15 nitrogen and oxygen atoms in total. The van der Waals surface area contributed by atoms with Gasteiger partial charge in [0.1, 0.15) is 45.5 Å². The summed E-state index contributed by atoms with van der Waals surface area (Å²) in [6.45, 7) is 12.3. The van der Waals surface area contributed by atoms with Crippen LogP contribution in [-0.2, 0) is 48.4 Å². The summed E-state index contributed by atoms with van der Waals surface area (Å²) in [6, 6.07) is 8.24. The van der Waals surface area contributed by atoms with Crippen LogP contribution in [0.1, 0.15) is 90.6 Å². The Morgan fingerprint density at radius 1 is 0.754 bits per heavy atom. The van der Waals surface area contributed by atoms with Gasteiger partial charge in [0.2, 0.25) is 5.91 Å². The lowest BCUT2D eigenvalue weighted by molar-refractivity contribution is -0.142. The number of likely N-dealkylation sites (N-methyl/N-ethyl adjacent to an activating group) is 1. The standard InChI is InChI=1S/C26H31N5O3S.C22H22N4O3S/c1-4-31(7-8-32)26(33)16-5-6-19-22(11-16)35-25-23(19)24(28-14-29-25)30-20-9-17-12-27-13-18(17)10-21(20)34-15(2)3;1-11(2)29-17-6-14-9-23-8-13(14)5-16(17)26-20-19-15-4-3-12(22(27)28)7-18(15)30-21(19)25-10-24-20/h9-10,12,14-16,32H,4-8,11,13H2,1-3H3,(H,28,29,30);5-6,8,10-12H,3-4,7,9H2,1-2H3,(H,27,28)(H,24,25,26). The third-order valence-electron chi connectivity index (χ3n) is 12.2. The fraction of sp³-hybridized carbons (Fsp3) is 0.417. The van der Waals surface area contributed by atoms with Crippen LogP contribution in [0.3, 0.4) is 0 Å². The number of hydrogen-bond acceptors (Lipinski definition) is 15. The highest BCUT2D eigenvalue weighted by atomic mass is 32.1. The highest BCUT2D eigenvalue weighted by Crippen LogP contribution is 2.44. The van der Waals surface area contributed by atoms with Gasteiger partial charge in [-0.3, -0.25) is 19.6 Å². The number of hydrogen-bond donors (Lipinski definition) is 4. The number of aliphatic imine (C=N–C) groups is 2. The van der Waals surface area contributed by atoms with E-state index < -0.39 is 5.97 Å². The van der Waals surface area contributed by atoms with Gasteiger partial charge in [0.15, 0.2) is 0 Å². The Kier molecular flexibility index (Phi) is 12.8. The number of thiophene rings is 2. The first kappa shape index (κ1) is 44.2. The molecule has 0 radical (unpaired) electrons. The van der Waals surface area contributed by atoms with E-state index in [0.29, 0.717) is 45.4 Å². The number of fused-ring (bicyclic) bond motifs is 8. The van der Waals surface area contributed by atoms with Gasteiger partial charge < -0.3 is 35.2 Å². The van der Waals surface area contributed by atoms with Crippen LogP contribution in [0.25, 0.3) is 20.4 Å². The smallest absolute Gasteiger partial charge is 0.306 e. The maximum absolute atomic E-state index is 13.0. The summed E-state index contributed by atoms with van der Waals surface area (Å²) in [5, 5.41) is 27.7. The van der Waals surface area contributed by atoms with Gasteiger partial charge in [-0.2, -0.15) is 0 Å². The van der Waals surface area contributed by atoms with Crippen LogP contribution in [0.4, 0.5) is 23.0 Å². The molecule has 17 heteroatoms. The zero-order chi connectivity index (χ0) is 45.4. The molecule has 2 aliphatic heterocycles. The Morgan fingerprint density at radius 3 is 1.71 bits per heavy atom. The van der Waals surface area contributed by atoms with Crippen molar-refractivity contribution in [3.05, 3.63) is 80.1 Å². The molecule has 0 spiro atoms. The number of aliphatic hydroxyl groups is 1. The number of amides is 1. The number of carboxylic acid groups (broad SMARTS) is 1. The number of aliphatic carboxylic acids is 1. The number of carbonyl (C=O) groups excluding carboxylic acids is 1. The van der Waals surface area contributed by atoms with E-state index in [-0.39, 0.29) is 36.6 Å². The number of benzene rings is 2. The lowest BCUT2D eigenvalue weighted by atomic mass is 9.87. The summed E-state index contributed by atoms with van der Waals surface area (Å²) in [5.74, 6) is 2.07. The maximum Gasteiger partial charge on any atom is 0.306 e. The van der Waals surface area contributed by atoms with E-state index >= 15 is 0 Å². The van der Waals surface area contributed by atoms with Crippen LogP contribution in [0.2, 0.25) is 0 Å². The van der Waals surface area contributed by atoms with E-state index in [0.717, 1.165) is 101 Å². The number of aryl methyl sites for hydroxylation is 2. The first-order chi connectivity index (χ1) is 31.5. The van der Waals surface area contributed by atoms with Crippen LogP contribution >= 0.6 is 22.7 Å². The lowest BCUT2D eigenvalue weighted by Gasteiger charge is -2.28. The van der Waals surface area contributed by atoms with E-state index in [2.05, 4.69) is 58.8 Å². The number of carboxylic acids is 1. The third-order valence-corrected chi connectivity index (χ3v) is 14.5. The van der Waals surface area contributed by atoms with E-state index in [1.54, 1.807) is 40.2 Å². The Balaban J connectivity index is 0.000000166. The normalized spacial score (nSPS) is 16.8. The fourth-order valence-electron chi connectivity index (χ4n) is 9.06. The van der Waals surface area contributed by atoms with Crippen molar-refractivity contribution < 1.29 is 29.3 Å². The number of nitrogens with one attached hydrogen (secondary N) is 2. The summed E-state index contributed by atoms with van der Waals surface area (Å²) in [5.41, 5.74) is 8.58. The van der Waals surface area contributed by atoms with Crippen molar-refractivity contribution in [1.82, 2.24) is 24.8 Å². The predicted molar refractivity (Wildman–Crippen MR) is 256 cm³/mol. The minimum Gasteiger partial charge on any atom is -0.489 e. The van der Waals surface area contributed by atoms with Crippen LogP contribution in [0.5, 0.6) is 11.5 Å². The molecule has 0 bridgehead atoms. The molecule has 338 valence electrons. The van der Waals surface area contributed by atoms with E-state index in [1.165, 1.54) is 16.0 Å². The average molecular weight is 916 g/mol. The molecular formula is C48H53N9O6S2. The third kappa shape index (κ3) is 9.13. The first-order valence-corrected chi connectivity index (χ1v) is 23.9. The fourth-order valence-corrected chi connectivity index (χ4v) is 11.6. The van der Waals surface area contributed by atoms with Crippen LogP contribution in [-0.4, -0.2) is 91.3 Å². The first-order valence-electron chi connectivity index (χ1n) is 22.3. The molecule has 4 aliphatic rings. The predicted octanol–water partition coefficient (Wildman–Crippen LogP) is 8.44. The molecular weight excluding hydrogens is 863 g/mol. The monoisotopic (exact) mass is 915 g/mol. The molecule has 6 heterocycles. The number of aliphatic hydroxyl groups excluding tert-OH is 1. The summed E-state index contributed by atoms with van der Waals surface area (Å²) in [7, 11) is 0. The zero-order valence-corrected chi connectivity index (χ0v) is 38.8. The number of anilines is 4. The number of ether oxygens (including phenoxy) is 2. The quantitative estimate of drug-likeness (QED) is 0.0864. The van der Waals surface area contributed by atoms with Gasteiger partial charge in [0, 0.05) is 41.2 Å². The second-order valence-electron chi connectivity index (χ2n) is 17.3. The van der Waals surface area contributed by atoms with E-state index in [1.807, 2.05) is 53.1 Å². The van der Waals surface area contributed by atoms with Gasteiger partial charge in [-0.15, -0.1) is 22.7 Å². The zero-order valence-electron chi connectivity index (χ0n) is 37.2. The van der Waals surface area contributed by atoms with Crippen molar-refractivity contribution in [3.63, 3.8) is 0 Å². The van der Waals surface area contributed by atoms with Gasteiger partial charge in [-0.1, -0.05) is 0 Å². The van der Waals surface area contributed by atoms with Crippen molar-refractivity contribution in [2.75, 3.05) is 30.3 Å².